The normalized spacial score (nSPS) is 11.1. The van der Waals surface area contributed by atoms with Gasteiger partial charge >= 0.3 is 5.97 Å². The predicted octanol–water partition coefficient (Wildman–Crippen LogP) is 0.479. The molecule has 1 aromatic heterocycles. The summed E-state index contributed by atoms with van der Waals surface area (Å²) in [5.74, 6) is -0.412. The van der Waals surface area contributed by atoms with Gasteiger partial charge in [-0.05, 0) is 6.07 Å². The number of hydrogen-bond donors (Lipinski definition) is 2. The lowest BCUT2D eigenvalue weighted by molar-refractivity contribution is -0.142. The molecule has 1 atom stereocenters. The van der Waals surface area contributed by atoms with Crippen molar-refractivity contribution in [1.29, 1.82) is 0 Å². The average molecular weight is 199 g/mol. The third kappa shape index (κ3) is 4.04. The molecule has 0 radical (unpaired) electrons. The first kappa shape index (κ1) is 12.6. The summed E-state index contributed by atoms with van der Waals surface area (Å²) in [6.45, 7) is 4.00. The molecule has 3 N–H and O–H groups in total. The number of hydrogen-bond acceptors (Lipinski definition) is 4. The van der Waals surface area contributed by atoms with Crippen LogP contribution in [0.2, 0.25) is 0 Å². The molecule has 0 saturated heterocycles. The quantitative estimate of drug-likeness (QED) is 0.694. The molecule has 1 rings (SSSR count). The van der Waals surface area contributed by atoms with Gasteiger partial charge in [0.25, 0.3) is 0 Å². The molecule has 0 aliphatic rings. The van der Waals surface area contributed by atoms with E-state index in [2.05, 4.69) is 14.9 Å². The highest BCUT2D eigenvalue weighted by Gasteiger charge is 2.14. The number of nitrogens with two attached hydrogens (primary N) is 1. The number of rotatable bonds is 3. The van der Waals surface area contributed by atoms with E-state index < -0.39 is 12.0 Å². The molecule has 0 fully saturated rings. The molecule has 0 aliphatic carbocycles. The van der Waals surface area contributed by atoms with E-state index in [0.717, 1.165) is 5.69 Å². The number of carbonyl (C=O) groups excluding carboxylic acids is 1. The van der Waals surface area contributed by atoms with Gasteiger partial charge in [0.15, 0.2) is 0 Å². The molecule has 0 amide bonds. The lowest BCUT2D eigenvalue weighted by Gasteiger charge is -2.06. The number of H-pyrrole nitrogens is 1. The van der Waals surface area contributed by atoms with Crippen LogP contribution in [-0.4, -0.2) is 29.3 Å². The number of nitrogens with one attached hydrogen (secondary N) is 1. The minimum absolute atomic E-state index is 0.412. The third-order valence-corrected chi connectivity index (χ3v) is 1.50. The number of methoxy groups -OCH3 is 1. The Balaban J connectivity index is 0.000000791. The van der Waals surface area contributed by atoms with Crippen molar-refractivity contribution in [3.05, 3.63) is 18.0 Å². The number of aromatic amines is 1. The largest absolute Gasteiger partial charge is 0.468 e. The van der Waals surface area contributed by atoms with E-state index in [-0.39, 0.29) is 0 Å². The Bertz CT molecular complexity index is 247. The van der Waals surface area contributed by atoms with Crippen LogP contribution in [0.15, 0.2) is 12.3 Å². The predicted molar refractivity (Wildman–Crippen MR) is 53.6 cm³/mol. The Labute approximate surface area is 83.6 Å². The fourth-order valence-electron chi connectivity index (χ4n) is 0.870. The fraction of sp³-hybridized carbons (Fsp3) is 0.556. The van der Waals surface area contributed by atoms with Crippen LogP contribution in [0, 0.1) is 0 Å². The summed E-state index contributed by atoms with van der Waals surface area (Å²) in [5.41, 5.74) is 6.32. The Morgan fingerprint density at radius 2 is 2.36 bits per heavy atom. The van der Waals surface area contributed by atoms with E-state index in [1.807, 2.05) is 13.8 Å². The second-order valence-electron chi connectivity index (χ2n) is 2.42. The van der Waals surface area contributed by atoms with Crippen molar-refractivity contribution < 1.29 is 9.53 Å². The maximum Gasteiger partial charge on any atom is 0.323 e. The molecule has 14 heavy (non-hydrogen) atoms. The Morgan fingerprint density at radius 1 is 1.71 bits per heavy atom. The fourth-order valence-corrected chi connectivity index (χ4v) is 0.870. The molecule has 0 aromatic carbocycles. The maximum absolute atomic E-state index is 10.9. The Morgan fingerprint density at radius 3 is 2.79 bits per heavy atom. The van der Waals surface area contributed by atoms with Crippen LogP contribution in [0.5, 0.6) is 0 Å². The minimum atomic E-state index is -0.615. The summed E-state index contributed by atoms with van der Waals surface area (Å²) in [5, 5.41) is 6.44. The van der Waals surface area contributed by atoms with Crippen LogP contribution in [0.1, 0.15) is 19.5 Å². The SMILES string of the molecule is CC.COC(=O)C(N)Cc1ccn[nH]1. The molecule has 0 bridgehead atoms. The zero-order valence-electron chi connectivity index (χ0n) is 8.78. The number of ether oxygens (including phenoxy) is 1. The van der Waals surface area contributed by atoms with Crippen molar-refractivity contribution in [2.75, 3.05) is 7.11 Å². The Kier molecular flexibility index (Phi) is 6.39. The van der Waals surface area contributed by atoms with Gasteiger partial charge in [0.05, 0.1) is 7.11 Å². The number of aromatic nitrogens is 2. The molecular formula is C9H17N3O2. The van der Waals surface area contributed by atoms with Crippen LogP contribution >= 0.6 is 0 Å². The highest BCUT2D eigenvalue weighted by atomic mass is 16.5. The molecule has 5 nitrogen and oxygen atoms in total. The first-order chi connectivity index (χ1) is 6.74. The molecule has 0 saturated carbocycles. The molecule has 0 aliphatic heterocycles. The molecule has 80 valence electrons. The number of nitrogens with zero attached hydrogens (tertiary/aromatic N) is 1. The van der Waals surface area contributed by atoms with Gasteiger partial charge in [0.1, 0.15) is 6.04 Å². The van der Waals surface area contributed by atoms with Crippen molar-refractivity contribution in [2.45, 2.75) is 26.3 Å². The average Bonchev–Trinajstić information content (AvgIpc) is 2.72. The van der Waals surface area contributed by atoms with Gasteiger partial charge in [-0.2, -0.15) is 5.10 Å². The van der Waals surface area contributed by atoms with Gasteiger partial charge in [0, 0.05) is 18.3 Å². The van der Waals surface area contributed by atoms with E-state index in [0.29, 0.717) is 6.42 Å². The summed E-state index contributed by atoms with van der Waals surface area (Å²) in [4.78, 5) is 10.9. The van der Waals surface area contributed by atoms with Crippen LogP contribution in [-0.2, 0) is 16.0 Å². The highest BCUT2D eigenvalue weighted by Crippen LogP contribution is 1.97. The lowest BCUT2D eigenvalue weighted by atomic mass is 10.2. The molecule has 1 unspecified atom stereocenters. The van der Waals surface area contributed by atoms with Gasteiger partial charge in [-0.15, -0.1) is 0 Å². The van der Waals surface area contributed by atoms with Crippen LogP contribution in [0.3, 0.4) is 0 Å². The molecule has 5 heteroatoms. The topological polar surface area (TPSA) is 81.0 Å². The summed E-state index contributed by atoms with van der Waals surface area (Å²) in [7, 11) is 1.31. The Hall–Kier alpha value is -1.36. The van der Waals surface area contributed by atoms with E-state index >= 15 is 0 Å². The summed E-state index contributed by atoms with van der Waals surface area (Å²) in [6.07, 6.45) is 2.03. The van der Waals surface area contributed by atoms with Crippen molar-refractivity contribution in [3.8, 4) is 0 Å². The molecule has 1 aromatic rings. The molecule has 0 spiro atoms. The van der Waals surface area contributed by atoms with E-state index in [1.165, 1.54) is 7.11 Å². The van der Waals surface area contributed by atoms with E-state index in [4.69, 9.17) is 5.73 Å². The van der Waals surface area contributed by atoms with E-state index in [1.54, 1.807) is 12.3 Å². The lowest BCUT2D eigenvalue weighted by Crippen LogP contribution is -2.33. The number of esters is 1. The van der Waals surface area contributed by atoms with Crippen molar-refractivity contribution in [2.24, 2.45) is 5.73 Å². The van der Waals surface area contributed by atoms with Gasteiger partial charge in [0.2, 0.25) is 0 Å². The summed E-state index contributed by atoms with van der Waals surface area (Å²) in [6, 6.07) is 1.15. The number of carbonyl (C=O) groups is 1. The smallest absolute Gasteiger partial charge is 0.323 e. The van der Waals surface area contributed by atoms with Crippen molar-refractivity contribution in [1.82, 2.24) is 10.2 Å². The van der Waals surface area contributed by atoms with Crippen molar-refractivity contribution in [3.63, 3.8) is 0 Å². The standard InChI is InChI=1S/C7H11N3O2.C2H6/c1-12-7(11)6(8)4-5-2-3-9-10-5;1-2/h2-3,6H,4,8H2,1H3,(H,9,10);1-2H3. The summed E-state index contributed by atoms with van der Waals surface area (Å²) >= 11 is 0. The highest BCUT2D eigenvalue weighted by molar-refractivity contribution is 5.75. The first-order valence-corrected chi connectivity index (χ1v) is 4.55. The van der Waals surface area contributed by atoms with Gasteiger partial charge in [-0.1, -0.05) is 13.8 Å². The van der Waals surface area contributed by atoms with Crippen molar-refractivity contribution >= 4 is 5.97 Å². The second kappa shape index (κ2) is 7.08. The summed E-state index contributed by atoms with van der Waals surface area (Å²) < 4.78 is 4.46. The van der Waals surface area contributed by atoms with Gasteiger partial charge < -0.3 is 10.5 Å². The van der Waals surface area contributed by atoms with E-state index in [9.17, 15) is 4.79 Å². The molecular weight excluding hydrogens is 182 g/mol. The van der Waals surface area contributed by atoms with Gasteiger partial charge in [-0.3, -0.25) is 9.89 Å². The first-order valence-electron chi connectivity index (χ1n) is 4.55. The monoisotopic (exact) mass is 199 g/mol. The van der Waals surface area contributed by atoms with Gasteiger partial charge in [-0.25, -0.2) is 0 Å². The zero-order valence-corrected chi connectivity index (χ0v) is 8.78. The zero-order chi connectivity index (χ0) is 11.0. The third-order valence-electron chi connectivity index (χ3n) is 1.50. The second-order valence-corrected chi connectivity index (χ2v) is 2.42. The van der Waals surface area contributed by atoms with Crippen LogP contribution in [0.4, 0.5) is 0 Å². The van der Waals surface area contributed by atoms with Crippen LogP contribution < -0.4 is 5.73 Å². The van der Waals surface area contributed by atoms with Crippen LogP contribution in [0.25, 0.3) is 0 Å². The minimum Gasteiger partial charge on any atom is -0.468 e. The maximum atomic E-state index is 10.9. The molecule has 1 heterocycles.